The lowest BCUT2D eigenvalue weighted by Crippen LogP contribution is -1.88. The average molecular weight is 503 g/mol. The summed E-state index contributed by atoms with van der Waals surface area (Å²) in [5.74, 6) is 0. The van der Waals surface area contributed by atoms with E-state index in [0.717, 1.165) is 12.8 Å². The first-order valence-electron chi connectivity index (χ1n) is 15.6. The Morgan fingerprint density at radius 3 is 0.706 bits per heavy atom. The van der Waals surface area contributed by atoms with E-state index < -0.39 is 7.60 Å². The van der Waals surface area contributed by atoms with Gasteiger partial charge in [-0.05, 0) is 6.42 Å². The van der Waals surface area contributed by atoms with Gasteiger partial charge in [0, 0.05) is 6.16 Å². The van der Waals surface area contributed by atoms with E-state index in [2.05, 4.69) is 6.92 Å². The van der Waals surface area contributed by atoms with Crippen LogP contribution in [0.25, 0.3) is 0 Å². The van der Waals surface area contributed by atoms with Gasteiger partial charge in [0.25, 0.3) is 0 Å². The fraction of sp³-hybridized carbons (Fsp3) is 1.00. The van der Waals surface area contributed by atoms with Crippen molar-refractivity contribution in [1.82, 2.24) is 0 Å². The molecule has 34 heavy (non-hydrogen) atoms. The van der Waals surface area contributed by atoms with Gasteiger partial charge in [0.15, 0.2) is 0 Å². The molecule has 0 fully saturated rings. The van der Waals surface area contributed by atoms with Gasteiger partial charge in [0.05, 0.1) is 0 Å². The predicted molar refractivity (Wildman–Crippen MR) is 152 cm³/mol. The van der Waals surface area contributed by atoms with Gasteiger partial charge < -0.3 is 9.79 Å². The van der Waals surface area contributed by atoms with Crippen molar-refractivity contribution in [3.05, 3.63) is 0 Å². The minimum absolute atomic E-state index is 0.0619. The molecule has 3 nitrogen and oxygen atoms in total. The quantitative estimate of drug-likeness (QED) is 0.0789. The zero-order chi connectivity index (χ0) is 25.0. The molecule has 4 heteroatoms. The average Bonchev–Trinajstić information content (AvgIpc) is 2.80. The third-order valence-corrected chi connectivity index (χ3v) is 8.20. The van der Waals surface area contributed by atoms with Crippen LogP contribution in [0.3, 0.4) is 0 Å². The maximum Gasteiger partial charge on any atom is 0.325 e. The summed E-state index contributed by atoms with van der Waals surface area (Å²) in [6, 6.07) is 0. The molecule has 0 unspecified atom stereocenters. The zero-order valence-corrected chi connectivity index (χ0v) is 24.2. The van der Waals surface area contributed by atoms with Crippen LogP contribution >= 0.6 is 7.60 Å². The lowest BCUT2D eigenvalue weighted by Gasteiger charge is -2.05. The number of hydrogen-bond donors (Lipinski definition) is 2. The summed E-state index contributed by atoms with van der Waals surface area (Å²) in [7, 11) is -3.77. The number of hydrogen-bond acceptors (Lipinski definition) is 1. The highest BCUT2D eigenvalue weighted by Gasteiger charge is 2.10. The molecule has 0 aromatic carbocycles. The van der Waals surface area contributed by atoms with Crippen molar-refractivity contribution in [3.63, 3.8) is 0 Å². The molecule has 206 valence electrons. The molecule has 0 amide bonds. The van der Waals surface area contributed by atoms with Gasteiger partial charge in [-0.3, -0.25) is 4.57 Å². The minimum Gasteiger partial charge on any atom is -0.324 e. The number of unbranched alkanes of at least 4 members (excludes halogenated alkanes) is 27. The molecule has 0 radical (unpaired) electrons. The topological polar surface area (TPSA) is 57.5 Å². The van der Waals surface area contributed by atoms with Crippen molar-refractivity contribution in [2.75, 3.05) is 6.16 Å². The normalized spacial score (nSPS) is 12.0. The van der Waals surface area contributed by atoms with E-state index in [0.29, 0.717) is 6.42 Å². The maximum absolute atomic E-state index is 10.8. The van der Waals surface area contributed by atoms with Crippen molar-refractivity contribution in [2.45, 2.75) is 187 Å². The Morgan fingerprint density at radius 2 is 0.529 bits per heavy atom. The van der Waals surface area contributed by atoms with Crippen LogP contribution in [0.4, 0.5) is 0 Å². The van der Waals surface area contributed by atoms with Crippen LogP contribution in [0, 0.1) is 0 Å². The zero-order valence-electron chi connectivity index (χ0n) is 23.3. The van der Waals surface area contributed by atoms with Crippen LogP contribution in [-0.4, -0.2) is 15.9 Å². The number of rotatable bonds is 29. The molecule has 0 saturated carbocycles. The van der Waals surface area contributed by atoms with Crippen molar-refractivity contribution in [2.24, 2.45) is 0 Å². The molecule has 0 aliphatic heterocycles. The third kappa shape index (κ3) is 32.1. The second kappa shape index (κ2) is 27.7. The molecule has 0 aliphatic carbocycles. The van der Waals surface area contributed by atoms with Gasteiger partial charge in [-0.15, -0.1) is 0 Å². The minimum atomic E-state index is -3.77. The van der Waals surface area contributed by atoms with Crippen LogP contribution in [0.5, 0.6) is 0 Å². The molecule has 2 N–H and O–H groups in total. The molecule has 0 aromatic heterocycles. The predicted octanol–water partition coefficient (Wildman–Crippen LogP) is 11.1. The van der Waals surface area contributed by atoms with E-state index >= 15 is 0 Å². The summed E-state index contributed by atoms with van der Waals surface area (Å²) >= 11 is 0. The van der Waals surface area contributed by atoms with Crippen molar-refractivity contribution in [3.8, 4) is 0 Å². The smallest absolute Gasteiger partial charge is 0.324 e. The lowest BCUT2D eigenvalue weighted by atomic mass is 10.0. The molecule has 0 spiro atoms. The Bertz CT molecular complexity index is 421. The Balaban J connectivity index is 3.03. The first-order valence-corrected chi connectivity index (χ1v) is 17.4. The highest BCUT2D eigenvalue weighted by molar-refractivity contribution is 7.51. The Labute approximate surface area is 214 Å². The monoisotopic (exact) mass is 502 g/mol. The molecule has 0 heterocycles. The lowest BCUT2D eigenvalue weighted by molar-refractivity contribution is 0.370. The van der Waals surface area contributed by atoms with Gasteiger partial charge in [-0.1, -0.05) is 180 Å². The summed E-state index contributed by atoms with van der Waals surface area (Å²) in [6.07, 6.45) is 38.4. The Kier molecular flexibility index (Phi) is 27.9. The molecule has 0 saturated heterocycles. The fourth-order valence-electron chi connectivity index (χ4n) is 4.99. The van der Waals surface area contributed by atoms with Gasteiger partial charge in [0.1, 0.15) is 0 Å². The van der Waals surface area contributed by atoms with Crippen LogP contribution in [0.2, 0.25) is 0 Å². The van der Waals surface area contributed by atoms with Crippen LogP contribution in [0.15, 0.2) is 0 Å². The van der Waals surface area contributed by atoms with Gasteiger partial charge in [0.2, 0.25) is 0 Å². The molecular weight excluding hydrogens is 439 g/mol. The second-order valence-electron chi connectivity index (χ2n) is 10.9. The van der Waals surface area contributed by atoms with E-state index in [4.69, 9.17) is 9.79 Å². The molecule has 0 aromatic rings. The summed E-state index contributed by atoms with van der Waals surface area (Å²) in [6.45, 7) is 2.29. The largest absolute Gasteiger partial charge is 0.325 e. The van der Waals surface area contributed by atoms with Crippen molar-refractivity contribution < 1.29 is 14.4 Å². The van der Waals surface area contributed by atoms with E-state index in [-0.39, 0.29) is 6.16 Å². The molecule has 0 atom stereocenters. The van der Waals surface area contributed by atoms with E-state index in [1.807, 2.05) is 0 Å². The Morgan fingerprint density at radius 1 is 0.353 bits per heavy atom. The van der Waals surface area contributed by atoms with E-state index in [1.165, 1.54) is 161 Å². The molecule has 0 aliphatic rings. The van der Waals surface area contributed by atoms with E-state index in [9.17, 15) is 4.57 Å². The molecule has 0 rings (SSSR count). The van der Waals surface area contributed by atoms with Crippen LogP contribution in [0.1, 0.15) is 187 Å². The summed E-state index contributed by atoms with van der Waals surface area (Å²) in [5.41, 5.74) is 0. The highest BCUT2D eigenvalue weighted by Crippen LogP contribution is 2.35. The first kappa shape index (κ1) is 34.1. The third-order valence-electron chi connectivity index (χ3n) is 7.30. The standard InChI is InChI=1S/C30H63O3P/c1-2-3-4-5-6-7-8-9-10-11-12-13-14-15-16-17-18-19-20-21-22-23-24-25-26-27-28-29-30-34(31,32)33/h2-30H2,1H3,(H2,31,32,33). The van der Waals surface area contributed by atoms with Crippen LogP contribution in [-0.2, 0) is 4.57 Å². The molecule has 0 bridgehead atoms. The highest BCUT2D eigenvalue weighted by atomic mass is 31.2. The van der Waals surface area contributed by atoms with Gasteiger partial charge >= 0.3 is 7.60 Å². The summed E-state index contributed by atoms with van der Waals surface area (Å²) in [5, 5.41) is 0. The maximum atomic E-state index is 10.8. The Hall–Kier alpha value is 0.150. The van der Waals surface area contributed by atoms with Gasteiger partial charge in [-0.2, -0.15) is 0 Å². The van der Waals surface area contributed by atoms with Gasteiger partial charge in [-0.25, -0.2) is 0 Å². The van der Waals surface area contributed by atoms with Crippen molar-refractivity contribution >= 4 is 7.60 Å². The van der Waals surface area contributed by atoms with E-state index in [1.54, 1.807) is 0 Å². The molecular formula is C30H63O3P. The van der Waals surface area contributed by atoms with Crippen molar-refractivity contribution in [1.29, 1.82) is 0 Å². The summed E-state index contributed by atoms with van der Waals surface area (Å²) in [4.78, 5) is 17.7. The van der Waals surface area contributed by atoms with Crippen LogP contribution < -0.4 is 0 Å². The summed E-state index contributed by atoms with van der Waals surface area (Å²) < 4.78 is 10.8. The second-order valence-corrected chi connectivity index (χ2v) is 12.7. The SMILES string of the molecule is CCCCCCCCCCCCCCCCCCCCCCCCCCCCCCP(=O)(O)O. The first-order chi connectivity index (χ1) is 16.6. The fourth-order valence-corrected chi connectivity index (χ4v) is 5.62.